The zero-order valence-electron chi connectivity index (χ0n) is 16.9. The van der Waals surface area contributed by atoms with Crippen LogP contribution in [0.3, 0.4) is 0 Å². The molecule has 0 aromatic rings. The molecule has 28 heavy (non-hydrogen) atoms. The molecule has 3 rings (SSSR count). The highest BCUT2D eigenvalue weighted by atomic mass is 32.2. The van der Waals surface area contributed by atoms with Crippen LogP contribution < -0.4 is 5.43 Å². The summed E-state index contributed by atoms with van der Waals surface area (Å²) in [4.78, 5) is 25.4. The summed E-state index contributed by atoms with van der Waals surface area (Å²) in [5, 5.41) is 21.6. The summed E-state index contributed by atoms with van der Waals surface area (Å²) >= 11 is 1.84. The summed E-state index contributed by atoms with van der Waals surface area (Å²) in [5.74, 6) is 0.460. The first-order valence-corrected chi connectivity index (χ1v) is 11.9. The van der Waals surface area contributed by atoms with Gasteiger partial charge in [0.25, 0.3) is 0 Å². The Morgan fingerprint density at radius 3 is 2.64 bits per heavy atom. The van der Waals surface area contributed by atoms with Crippen molar-refractivity contribution in [2.75, 3.05) is 18.8 Å². The molecule has 2 saturated carbocycles. The van der Waals surface area contributed by atoms with Crippen molar-refractivity contribution in [3.8, 4) is 0 Å². The fourth-order valence-corrected chi connectivity index (χ4v) is 6.34. The summed E-state index contributed by atoms with van der Waals surface area (Å²) in [5.41, 5.74) is 3.27. The zero-order valence-corrected chi connectivity index (χ0v) is 17.7. The van der Waals surface area contributed by atoms with E-state index >= 15 is 0 Å². The van der Waals surface area contributed by atoms with E-state index in [1.165, 1.54) is 19.3 Å². The van der Waals surface area contributed by atoms with Crippen LogP contribution >= 0.6 is 11.8 Å². The lowest BCUT2D eigenvalue weighted by molar-refractivity contribution is -0.137. The molecule has 1 saturated heterocycles. The van der Waals surface area contributed by atoms with Gasteiger partial charge in [-0.25, -0.2) is 10.2 Å². The molecule has 0 radical (unpaired) electrons. The van der Waals surface area contributed by atoms with Crippen LogP contribution in [0.2, 0.25) is 0 Å². The number of amides is 2. The SMILES string of the molecule is CCN1C(=O)N(NCC(O)C2CCCCC2)C2CC(SCCCC(=O)O)CC21. The van der Waals surface area contributed by atoms with Gasteiger partial charge in [-0.05, 0) is 50.7 Å². The van der Waals surface area contributed by atoms with E-state index in [-0.39, 0.29) is 24.5 Å². The molecule has 4 atom stereocenters. The lowest BCUT2D eigenvalue weighted by Gasteiger charge is -2.30. The molecule has 3 N–H and O–H groups in total. The van der Waals surface area contributed by atoms with Gasteiger partial charge in [-0.15, -0.1) is 0 Å². The van der Waals surface area contributed by atoms with E-state index in [2.05, 4.69) is 5.43 Å². The first-order chi connectivity index (χ1) is 13.5. The Morgan fingerprint density at radius 1 is 1.25 bits per heavy atom. The molecule has 4 unspecified atom stereocenters. The summed E-state index contributed by atoms with van der Waals surface area (Å²) in [6, 6.07) is 0.388. The Bertz CT molecular complexity index is 544. The smallest absolute Gasteiger partial charge is 0.334 e. The quantitative estimate of drug-likeness (QED) is 0.477. The summed E-state index contributed by atoms with van der Waals surface area (Å²) in [6.07, 6.45) is 8.22. The second kappa shape index (κ2) is 10.2. The van der Waals surface area contributed by atoms with Gasteiger partial charge in [-0.1, -0.05) is 19.3 Å². The summed E-state index contributed by atoms with van der Waals surface area (Å²) in [6.45, 7) is 3.15. The molecule has 8 heteroatoms. The largest absolute Gasteiger partial charge is 0.481 e. The van der Waals surface area contributed by atoms with Gasteiger partial charge in [0.1, 0.15) is 0 Å². The average Bonchev–Trinajstić information content (AvgIpc) is 3.19. The van der Waals surface area contributed by atoms with Crippen molar-refractivity contribution in [3.63, 3.8) is 0 Å². The van der Waals surface area contributed by atoms with E-state index in [0.717, 1.165) is 31.4 Å². The Labute approximate surface area is 172 Å². The van der Waals surface area contributed by atoms with Crippen molar-refractivity contribution < 1.29 is 19.8 Å². The second-order valence-electron chi connectivity index (χ2n) is 8.36. The molecule has 160 valence electrons. The van der Waals surface area contributed by atoms with E-state index in [0.29, 0.717) is 30.7 Å². The Morgan fingerprint density at radius 2 is 1.96 bits per heavy atom. The van der Waals surface area contributed by atoms with Gasteiger partial charge in [0.05, 0.1) is 18.2 Å². The molecule has 0 spiro atoms. The number of urea groups is 1. The third-order valence-electron chi connectivity index (χ3n) is 6.53. The number of hydrazine groups is 1. The number of thioether (sulfide) groups is 1. The second-order valence-corrected chi connectivity index (χ2v) is 9.77. The Kier molecular flexibility index (Phi) is 7.88. The van der Waals surface area contributed by atoms with Crippen LogP contribution in [0.4, 0.5) is 4.79 Å². The van der Waals surface area contributed by atoms with Crippen molar-refractivity contribution in [3.05, 3.63) is 0 Å². The number of aliphatic hydroxyl groups excluding tert-OH is 1. The van der Waals surface area contributed by atoms with Gasteiger partial charge >= 0.3 is 12.0 Å². The molecular formula is C20H35N3O4S. The molecule has 1 aliphatic heterocycles. The molecular weight excluding hydrogens is 378 g/mol. The van der Waals surface area contributed by atoms with Crippen LogP contribution in [0.1, 0.15) is 64.7 Å². The predicted octanol–water partition coefficient (Wildman–Crippen LogP) is 2.69. The first-order valence-electron chi connectivity index (χ1n) is 10.9. The predicted molar refractivity (Wildman–Crippen MR) is 110 cm³/mol. The van der Waals surface area contributed by atoms with Gasteiger partial charge in [-0.2, -0.15) is 11.8 Å². The first kappa shape index (κ1) is 21.7. The number of aliphatic carboxylic acids is 1. The Hall–Kier alpha value is -0.990. The molecule has 3 aliphatic rings. The van der Waals surface area contributed by atoms with Gasteiger partial charge in [0.2, 0.25) is 0 Å². The minimum Gasteiger partial charge on any atom is -0.481 e. The van der Waals surface area contributed by atoms with Crippen LogP contribution in [0.5, 0.6) is 0 Å². The van der Waals surface area contributed by atoms with Crippen molar-refractivity contribution >= 4 is 23.8 Å². The zero-order chi connectivity index (χ0) is 20.1. The van der Waals surface area contributed by atoms with E-state index < -0.39 is 12.1 Å². The van der Waals surface area contributed by atoms with Gasteiger partial charge in [0.15, 0.2) is 0 Å². The number of carbonyl (C=O) groups is 2. The topological polar surface area (TPSA) is 93.1 Å². The van der Waals surface area contributed by atoms with Crippen molar-refractivity contribution in [1.82, 2.24) is 15.3 Å². The Balaban J connectivity index is 1.51. The standard InChI is InChI=1S/C20H35N3O4S/c1-2-22-16-11-15(28-10-6-9-19(25)26)12-17(16)23(20(22)27)21-13-18(24)14-7-4-3-5-8-14/h14-18,21,24H,2-13H2,1H3,(H,25,26). The van der Waals surface area contributed by atoms with Crippen LogP contribution in [0.15, 0.2) is 0 Å². The summed E-state index contributed by atoms with van der Waals surface area (Å²) < 4.78 is 0. The van der Waals surface area contributed by atoms with Crippen LogP contribution in [-0.2, 0) is 4.79 Å². The molecule has 7 nitrogen and oxygen atoms in total. The molecule has 0 bridgehead atoms. The minimum absolute atomic E-state index is 0.0303. The van der Waals surface area contributed by atoms with Crippen molar-refractivity contribution in [2.45, 2.75) is 88.1 Å². The van der Waals surface area contributed by atoms with E-state index in [9.17, 15) is 14.7 Å². The number of fused-ring (bicyclic) bond motifs is 1. The highest BCUT2D eigenvalue weighted by Gasteiger charge is 2.50. The van der Waals surface area contributed by atoms with Crippen molar-refractivity contribution in [2.24, 2.45) is 5.92 Å². The molecule has 2 aliphatic carbocycles. The van der Waals surface area contributed by atoms with E-state index in [4.69, 9.17) is 5.11 Å². The van der Waals surface area contributed by atoms with Gasteiger partial charge < -0.3 is 15.1 Å². The lowest BCUT2D eigenvalue weighted by Crippen LogP contribution is -2.49. The number of likely N-dealkylation sites (N-methyl/N-ethyl adjacent to an activating group) is 1. The highest BCUT2D eigenvalue weighted by molar-refractivity contribution is 7.99. The maximum Gasteiger partial charge on any atom is 0.334 e. The third kappa shape index (κ3) is 5.13. The number of carbonyl (C=O) groups excluding carboxylic acids is 1. The molecule has 0 aromatic carbocycles. The number of aliphatic hydroxyl groups is 1. The number of carboxylic acids is 1. The third-order valence-corrected chi connectivity index (χ3v) is 7.91. The molecule has 2 amide bonds. The van der Waals surface area contributed by atoms with Gasteiger partial charge in [-0.3, -0.25) is 9.80 Å². The molecule has 0 aromatic heterocycles. The van der Waals surface area contributed by atoms with Crippen LogP contribution in [0.25, 0.3) is 0 Å². The van der Waals surface area contributed by atoms with Crippen LogP contribution in [-0.4, -0.2) is 74.4 Å². The number of nitrogens with zero attached hydrogens (tertiary/aromatic N) is 2. The monoisotopic (exact) mass is 413 g/mol. The number of hydrogen-bond donors (Lipinski definition) is 3. The normalized spacial score (nSPS) is 29.4. The molecule has 3 fully saturated rings. The van der Waals surface area contributed by atoms with E-state index in [1.54, 1.807) is 5.01 Å². The van der Waals surface area contributed by atoms with E-state index in [1.807, 2.05) is 23.6 Å². The van der Waals surface area contributed by atoms with Crippen molar-refractivity contribution in [1.29, 1.82) is 0 Å². The number of nitrogens with one attached hydrogen (secondary N) is 1. The molecule has 1 heterocycles. The average molecular weight is 414 g/mol. The summed E-state index contributed by atoms with van der Waals surface area (Å²) in [7, 11) is 0. The lowest BCUT2D eigenvalue weighted by atomic mass is 9.85. The number of carboxylic acid groups (broad SMARTS) is 1. The number of hydrogen-bond acceptors (Lipinski definition) is 5. The van der Waals surface area contributed by atoms with Crippen LogP contribution in [0, 0.1) is 5.92 Å². The maximum absolute atomic E-state index is 12.8. The number of rotatable bonds is 10. The fraction of sp³-hybridized carbons (Fsp3) is 0.900. The fourth-order valence-electron chi connectivity index (χ4n) is 5.03. The minimum atomic E-state index is -0.737. The highest BCUT2D eigenvalue weighted by Crippen LogP contribution is 2.40. The maximum atomic E-state index is 12.8. The van der Waals surface area contributed by atoms with Gasteiger partial charge in [0, 0.05) is 24.8 Å².